The van der Waals surface area contributed by atoms with Crippen molar-refractivity contribution in [2.45, 2.75) is 32.2 Å². The van der Waals surface area contributed by atoms with E-state index < -0.39 is 15.8 Å². The number of nitrogens with one attached hydrogen (secondary N) is 1. The standard InChI is InChI=1S/C14H15FN4O2S/c1-4-19-10(3)14(9(2)17-19)22(20,21)18-13-7-11(8-16)5-6-12(13)15/h5-7,18H,4H2,1-3H3. The highest BCUT2D eigenvalue weighted by Crippen LogP contribution is 2.24. The molecule has 6 nitrogen and oxygen atoms in total. The summed E-state index contributed by atoms with van der Waals surface area (Å²) in [4.78, 5) is 0.0242. The summed E-state index contributed by atoms with van der Waals surface area (Å²) in [6, 6.07) is 5.32. The lowest BCUT2D eigenvalue weighted by atomic mass is 10.2. The number of nitrogens with zero attached hydrogens (tertiary/aromatic N) is 3. The van der Waals surface area contributed by atoms with E-state index in [1.165, 1.54) is 6.07 Å². The molecule has 0 spiro atoms. The van der Waals surface area contributed by atoms with Gasteiger partial charge in [0, 0.05) is 6.54 Å². The third-order valence-electron chi connectivity index (χ3n) is 3.22. The number of rotatable bonds is 4. The third-order valence-corrected chi connectivity index (χ3v) is 4.84. The second kappa shape index (κ2) is 5.77. The number of anilines is 1. The van der Waals surface area contributed by atoms with E-state index in [-0.39, 0.29) is 16.1 Å². The Hall–Kier alpha value is -2.40. The van der Waals surface area contributed by atoms with Gasteiger partial charge in [-0.2, -0.15) is 10.4 Å². The summed E-state index contributed by atoms with van der Waals surface area (Å²) in [5.41, 5.74) is 0.715. The van der Waals surface area contributed by atoms with Crippen molar-refractivity contribution in [3.63, 3.8) is 0 Å². The van der Waals surface area contributed by atoms with Crippen molar-refractivity contribution >= 4 is 15.7 Å². The number of hydrogen-bond donors (Lipinski definition) is 1. The maximum absolute atomic E-state index is 13.8. The van der Waals surface area contributed by atoms with Crippen LogP contribution in [0.5, 0.6) is 0 Å². The van der Waals surface area contributed by atoms with Crippen LogP contribution in [-0.4, -0.2) is 18.2 Å². The lowest BCUT2D eigenvalue weighted by Gasteiger charge is -2.10. The molecule has 1 N–H and O–H groups in total. The van der Waals surface area contributed by atoms with Gasteiger partial charge in [0.2, 0.25) is 0 Å². The van der Waals surface area contributed by atoms with Crippen LogP contribution in [0.2, 0.25) is 0 Å². The lowest BCUT2D eigenvalue weighted by molar-refractivity contribution is 0.596. The first kappa shape index (κ1) is 16.0. The summed E-state index contributed by atoms with van der Waals surface area (Å²) in [6.45, 7) is 5.59. The summed E-state index contributed by atoms with van der Waals surface area (Å²) in [6.07, 6.45) is 0. The van der Waals surface area contributed by atoms with E-state index in [0.29, 0.717) is 17.9 Å². The van der Waals surface area contributed by atoms with E-state index in [4.69, 9.17) is 5.26 Å². The number of aromatic nitrogens is 2. The second-order valence-electron chi connectivity index (χ2n) is 4.73. The Morgan fingerprint density at radius 2 is 2.09 bits per heavy atom. The Kier molecular flexibility index (Phi) is 4.19. The molecule has 0 saturated carbocycles. The van der Waals surface area contributed by atoms with Crippen LogP contribution in [0.4, 0.5) is 10.1 Å². The van der Waals surface area contributed by atoms with Crippen LogP contribution in [0.3, 0.4) is 0 Å². The first-order chi connectivity index (χ1) is 10.3. The van der Waals surface area contributed by atoms with E-state index in [2.05, 4.69) is 9.82 Å². The van der Waals surface area contributed by atoms with Crippen molar-refractivity contribution in [1.82, 2.24) is 9.78 Å². The number of benzene rings is 1. The number of sulfonamides is 1. The summed E-state index contributed by atoms with van der Waals surface area (Å²) >= 11 is 0. The van der Waals surface area contributed by atoms with Gasteiger partial charge in [-0.1, -0.05) is 0 Å². The largest absolute Gasteiger partial charge is 0.276 e. The van der Waals surface area contributed by atoms with Gasteiger partial charge < -0.3 is 0 Å². The summed E-state index contributed by atoms with van der Waals surface area (Å²) in [5, 5.41) is 13.0. The highest BCUT2D eigenvalue weighted by Gasteiger charge is 2.25. The van der Waals surface area contributed by atoms with Crippen molar-refractivity contribution in [1.29, 1.82) is 5.26 Å². The summed E-state index contributed by atoms with van der Waals surface area (Å²) in [7, 11) is -3.99. The molecule has 0 aliphatic rings. The number of nitriles is 1. The Labute approximate surface area is 128 Å². The van der Waals surface area contributed by atoms with Crippen LogP contribution in [0.1, 0.15) is 23.9 Å². The predicted octanol–water partition coefficient (Wildman–Crippen LogP) is 2.33. The van der Waals surface area contributed by atoms with Gasteiger partial charge in [-0.3, -0.25) is 9.40 Å². The molecule has 8 heteroatoms. The highest BCUT2D eigenvalue weighted by molar-refractivity contribution is 7.92. The quantitative estimate of drug-likeness (QED) is 0.936. The maximum Gasteiger partial charge on any atom is 0.265 e. The molecule has 22 heavy (non-hydrogen) atoms. The Morgan fingerprint density at radius 3 is 2.64 bits per heavy atom. The lowest BCUT2D eigenvalue weighted by Crippen LogP contribution is -2.16. The summed E-state index contributed by atoms with van der Waals surface area (Å²) < 4.78 is 42.5. The van der Waals surface area contributed by atoms with E-state index in [9.17, 15) is 12.8 Å². The zero-order valence-electron chi connectivity index (χ0n) is 12.4. The SMILES string of the molecule is CCn1nc(C)c(S(=O)(=O)Nc2cc(C#N)ccc2F)c1C. The fourth-order valence-corrected chi connectivity index (χ4v) is 3.72. The normalized spacial score (nSPS) is 11.2. The molecule has 0 bridgehead atoms. The molecule has 116 valence electrons. The molecule has 0 atom stereocenters. The molecular formula is C14H15FN4O2S. The molecule has 0 unspecified atom stereocenters. The van der Waals surface area contributed by atoms with Crippen LogP contribution in [0.15, 0.2) is 23.1 Å². The molecule has 0 aliphatic heterocycles. The number of hydrogen-bond acceptors (Lipinski definition) is 4. The third kappa shape index (κ3) is 2.80. The number of aryl methyl sites for hydroxylation is 2. The molecule has 0 amide bonds. The predicted molar refractivity (Wildman–Crippen MR) is 79.3 cm³/mol. The first-order valence-electron chi connectivity index (χ1n) is 6.56. The average Bonchev–Trinajstić information content (AvgIpc) is 2.76. The molecule has 0 fully saturated rings. The van der Waals surface area contributed by atoms with Gasteiger partial charge >= 0.3 is 0 Å². The van der Waals surface area contributed by atoms with Crippen molar-refractivity contribution in [3.05, 3.63) is 41.0 Å². The first-order valence-corrected chi connectivity index (χ1v) is 8.05. The Morgan fingerprint density at radius 1 is 1.41 bits per heavy atom. The highest BCUT2D eigenvalue weighted by atomic mass is 32.2. The Balaban J connectivity index is 2.50. The topological polar surface area (TPSA) is 87.8 Å². The fraction of sp³-hybridized carbons (Fsp3) is 0.286. The number of halogens is 1. The zero-order chi connectivity index (χ0) is 16.5. The maximum atomic E-state index is 13.8. The molecule has 0 saturated heterocycles. The molecule has 2 aromatic rings. The van der Waals surface area contributed by atoms with Gasteiger partial charge in [-0.25, -0.2) is 12.8 Å². The zero-order valence-corrected chi connectivity index (χ0v) is 13.2. The van der Waals surface area contributed by atoms with E-state index >= 15 is 0 Å². The van der Waals surface area contributed by atoms with Crippen LogP contribution in [0.25, 0.3) is 0 Å². The van der Waals surface area contributed by atoms with Crippen molar-refractivity contribution in [2.75, 3.05) is 4.72 Å². The van der Waals surface area contributed by atoms with Crippen LogP contribution < -0.4 is 4.72 Å². The molecule has 2 rings (SSSR count). The van der Waals surface area contributed by atoms with Crippen LogP contribution in [-0.2, 0) is 16.6 Å². The molecule has 1 aromatic heterocycles. The van der Waals surface area contributed by atoms with Gasteiger partial charge in [0.1, 0.15) is 10.7 Å². The van der Waals surface area contributed by atoms with E-state index in [1.807, 2.05) is 13.0 Å². The molecule has 0 aliphatic carbocycles. The van der Waals surface area contributed by atoms with Crippen molar-refractivity contribution in [3.8, 4) is 6.07 Å². The fourth-order valence-electron chi connectivity index (χ4n) is 2.25. The smallest absolute Gasteiger partial charge is 0.265 e. The molecular weight excluding hydrogens is 307 g/mol. The van der Waals surface area contributed by atoms with Crippen molar-refractivity contribution in [2.24, 2.45) is 0 Å². The van der Waals surface area contributed by atoms with Gasteiger partial charge in [-0.15, -0.1) is 0 Å². The second-order valence-corrected chi connectivity index (χ2v) is 6.35. The van der Waals surface area contributed by atoms with Gasteiger partial charge in [0.15, 0.2) is 0 Å². The minimum atomic E-state index is -3.99. The monoisotopic (exact) mass is 322 g/mol. The van der Waals surface area contributed by atoms with Crippen LogP contribution >= 0.6 is 0 Å². The van der Waals surface area contributed by atoms with E-state index in [1.54, 1.807) is 18.5 Å². The molecule has 1 aromatic carbocycles. The minimum absolute atomic E-state index is 0.0242. The minimum Gasteiger partial charge on any atom is -0.276 e. The van der Waals surface area contributed by atoms with Gasteiger partial charge in [0.25, 0.3) is 10.0 Å². The Bertz CT molecular complexity index is 866. The van der Waals surface area contributed by atoms with Crippen LogP contribution in [0, 0.1) is 31.0 Å². The van der Waals surface area contributed by atoms with Crippen molar-refractivity contribution < 1.29 is 12.8 Å². The molecule has 0 radical (unpaired) electrons. The summed E-state index contributed by atoms with van der Waals surface area (Å²) in [5.74, 6) is -0.749. The van der Waals surface area contributed by atoms with Gasteiger partial charge in [0.05, 0.1) is 28.7 Å². The molecule has 1 heterocycles. The average molecular weight is 322 g/mol. The van der Waals surface area contributed by atoms with Gasteiger partial charge in [-0.05, 0) is 39.0 Å². The van der Waals surface area contributed by atoms with E-state index in [0.717, 1.165) is 12.1 Å².